The summed E-state index contributed by atoms with van der Waals surface area (Å²) < 4.78 is 6.87. The Morgan fingerprint density at radius 2 is 1.88 bits per heavy atom. The van der Waals surface area contributed by atoms with E-state index in [-0.39, 0.29) is 12.0 Å². The lowest BCUT2D eigenvalue weighted by Crippen LogP contribution is -2.50. The fourth-order valence-electron chi connectivity index (χ4n) is 3.10. The first kappa shape index (κ1) is 17.3. The summed E-state index contributed by atoms with van der Waals surface area (Å²) in [4.78, 5) is 27.6. The zero-order valence-corrected chi connectivity index (χ0v) is 14.8. The molecule has 2 heterocycles. The molecule has 0 aliphatic carbocycles. The Labute approximate surface area is 147 Å². The lowest BCUT2D eigenvalue weighted by atomic mass is 10.2. The van der Waals surface area contributed by atoms with E-state index >= 15 is 0 Å². The molecule has 0 atom stereocenters. The van der Waals surface area contributed by atoms with Crippen molar-refractivity contribution >= 4 is 22.9 Å². The molecule has 1 aromatic heterocycles. The van der Waals surface area contributed by atoms with E-state index in [0.29, 0.717) is 45.8 Å². The predicted molar refractivity (Wildman–Crippen MR) is 94.3 cm³/mol. The largest absolute Gasteiger partial charge is 0.450 e. The van der Waals surface area contributed by atoms with E-state index in [2.05, 4.69) is 24.2 Å². The highest BCUT2D eigenvalue weighted by atomic mass is 16.6. The summed E-state index contributed by atoms with van der Waals surface area (Å²) in [7, 11) is 0. The molecule has 3 rings (SSSR count). The van der Waals surface area contributed by atoms with Crippen molar-refractivity contribution in [3.63, 3.8) is 0 Å². The number of carbonyl (C=O) groups excluding carboxylic acids is 2. The molecule has 25 heavy (non-hydrogen) atoms. The fraction of sp³-hybridized carbons (Fsp3) is 0.500. The molecule has 1 aromatic carbocycles. The number of piperazine rings is 1. The molecule has 1 fully saturated rings. The van der Waals surface area contributed by atoms with Gasteiger partial charge in [-0.1, -0.05) is 11.6 Å². The molecule has 2 amide bonds. The maximum absolute atomic E-state index is 12.4. The Hall–Kier alpha value is -2.57. The van der Waals surface area contributed by atoms with E-state index in [1.165, 1.54) is 5.56 Å². The van der Waals surface area contributed by atoms with Gasteiger partial charge in [-0.15, -0.1) is 0 Å². The van der Waals surface area contributed by atoms with Crippen molar-refractivity contribution in [2.75, 3.05) is 32.8 Å². The smallest absolute Gasteiger partial charge is 0.409 e. The Balaban J connectivity index is 1.52. The van der Waals surface area contributed by atoms with E-state index in [9.17, 15) is 9.59 Å². The minimum atomic E-state index is -0.298. The standard InChI is InChI=1S/C18H24N4O3/c1-3-25-18(24)21-10-8-20(9-11-21)17(23)6-7-22-16-5-4-14(2)12-15(16)13-19-22/h4-5,12-13H,3,6-11H2,1-2H3. The number of benzene rings is 1. The van der Waals surface area contributed by atoms with Crippen LogP contribution in [0.1, 0.15) is 18.9 Å². The van der Waals surface area contributed by atoms with Crippen molar-refractivity contribution in [2.24, 2.45) is 0 Å². The molecule has 0 unspecified atom stereocenters. The monoisotopic (exact) mass is 344 g/mol. The van der Waals surface area contributed by atoms with Crippen LogP contribution in [0.2, 0.25) is 0 Å². The molecular formula is C18H24N4O3. The number of hydrogen-bond acceptors (Lipinski definition) is 4. The molecule has 1 aliphatic heterocycles. The number of aromatic nitrogens is 2. The van der Waals surface area contributed by atoms with Gasteiger partial charge in [0.05, 0.1) is 24.9 Å². The molecule has 0 saturated carbocycles. The van der Waals surface area contributed by atoms with Crippen LogP contribution in [0.5, 0.6) is 0 Å². The van der Waals surface area contributed by atoms with Gasteiger partial charge in [0.2, 0.25) is 5.91 Å². The average molecular weight is 344 g/mol. The molecule has 7 nitrogen and oxygen atoms in total. The Morgan fingerprint density at radius 1 is 1.16 bits per heavy atom. The third-order valence-electron chi connectivity index (χ3n) is 4.49. The van der Waals surface area contributed by atoms with Gasteiger partial charge in [-0.05, 0) is 26.0 Å². The number of amides is 2. The van der Waals surface area contributed by atoms with Gasteiger partial charge in [-0.2, -0.15) is 5.10 Å². The highest BCUT2D eigenvalue weighted by Gasteiger charge is 2.24. The maximum Gasteiger partial charge on any atom is 0.409 e. The first-order valence-corrected chi connectivity index (χ1v) is 8.70. The number of rotatable bonds is 4. The summed E-state index contributed by atoms with van der Waals surface area (Å²) in [6.07, 6.45) is 1.95. The second kappa shape index (κ2) is 7.55. The maximum atomic E-state index is 12.4. The van der Waals surface area contributed by atoms with Crippen molar-refractivity contribution in [1.29, 1.82) is 0 Å². The van der Waals surface area contributed by atoms with Gasteiger partial charge in [-0.25, -0.2) is 4.79 Å². The molecule has 2 aromatic rings. The average Bonchev–Trinajstić information content (AvgIpc) is 3.02. The SMILES string of the molecule is CCOC(=O)N1CCN(C(=O)CCn2ncc3cc(C)ccc32)CC1. The van der Waals surface area contributed by atoms with Crippen LogP contribution in [0.15, 0.2) is 24.4 Å². The van der Waals surface area contributed by atoms with Crippen molar-refractivity contribution < 1.29 is 14.3 Å². The highest BCUT2D eigenvalue weighted by Crippen LogP contribution is 2.16. The third-order valence-corrected chi connectivity index (χ3v) is 4.49. The molecule has 0 radical (unpaired) electrons. The fourth-order valence-corrected chi connectivity index (χ4v) is 3.10. The van der Waals surface area contributed by atoms with E-state index < -0.39 is 0 Å². The normalized spacial score (nSPS) is 14.8. The first-order valence-electron chi connectivity index (χ1n) is 8.70. The van der Waals surface area contributed by atoms with Crippen LogP contribution in [0.25, 0.3) is 10.9 Å². The number of nitrogens with zero attached hydrogens (tertiary/aromatic N) is 4. The number of aryl methyl sites for hydroxylation is 2. The predicted octanol–water partition coefficient (Wildman–Crippen LogP) is 2.04. The highest BCUT2D eigenvalue weighted by molar-refractivity contribution is 5.80. The Bertz CT molecular complexity index is 763. The summed E-state index contributed by atoms with van der Waals surface area (Å²) in [6, 6.07) is 6.19. The van der Waals surface area contributed by atoms with Crippen LogP contribution in [-0.2, 0) is 16.1 Å². The lowest BCUT2D eigenvalue weighted by Gasteiger charge is -2.34. The van der Waals surface area contributed by atoms with Crippen LogP contribution in [0.3, 0.4) is 0 Å². The zero-order valence-electron chi connectivity index (χ0n) is 14.8. The summed E-state index contributed by atoms with van der Waals surface area (Å²) in [5.74, 6) is 0.0965. The van der Waals surface area contributed by atoms with Gasteiger partial charge >= 0.3 is 6.09 Å². The summed E-state index contributed by atoms with van der Waals surface area (Å²) in [5, 5.41) is 5.48. The van der Waals surface area contributed by atoms with Gasteiger partial charge in [0.1, 0.15) is 0 Å². The second-order valence-corrected chi connectivity index (χ2v) is 6.25. The van der Waals surface area contributed by atoms with Gasteiger partial charge in [0, 0.05) is 38.0 Å². The van der Waals surface area contributed by atoms with Crippen LogP contribution < -0.4 is 0 Å². The molecule has 134 valence electrons. The summed E-state index contributed by atoms with van der Waals surface area (Å²) >= 11 is 0. The molecule has 7 heteroatoms. The van der Waals surface area contributed by atoms with E-state index in [4.69, 9.17) is 4.74 Å². The zero-order chi connectivity index (χ0) is 17.8. The third kappa shape index (κ3) is 3.92. The lowest BCUT2D eigenvalue weighted by molar-refractivity contribution is -0.133. The number of ether oxygens (including phenoxy) is 1. The van der Waals surface area contributed by atoms with Crippen LogP contribution >= 0.6 is 0 Å². The molecular weight excluding hydrogens is 320 g/mol. The van der Waals surface area contributed by atoms with Gasteiger partial charge < -0.3 is 14.5 Å². The van der Waals surface area contributed by atoms with E-state index in [1.54, 1.807) is 11.8 Å². The van der Waals surface area contributed by atoms with Gasteiger partial charge in [-0.3, -0.25) is 9.48 Å². The second-order valence-electron chi connectivity index (χ2n) is 6.25. The summed E-state index contributed by atoms with van der Waals surface area (Å²) in [5.41, 5.74) is 2.24. The van der Waals surface area contributed by atoms with Crippen molar-refractivity contribution in [1.82, 2.24) is 19.6 Å². The summed E-state index contributed by atoms with van der Waals surface area (Å²) in [6.45, 7) is 6.92. The van der Waals surface area contributed by atoms with E-state index in [1.807, 2.05) is 21.8 Å². The van der Waals surface area contributed by atoms with Gasteiger partial charge in [0.15, 0.2) is 0 Å². The van der Waals surface area contributed by atoms with Crippen LogP contribution in [0.4, 0.5) is 4.79 Å². The topological polar surface area (TPSA) is 67.7 Å². The van der Waals surface area contributed by atoms with Gasteiger partial charge in [0.25, 0.3) is 0 Å². The number of hydrogen-bond donors (Lipinski definition) is 0. The molecule has 0 bridgehead atoms. The van der Waals surface area contributed by atoms with E-state index in [0.717, 1.165) is 10.9 Å². The van der Waals surface area contributed by atoms with Crippen molar-refractivity contribution in [3.8, 4) is 0 Å². The quantitative estimate of drug-likeness (QED) is 0.851. The van der Waals surface area contributed by atoms with Crippen molar-refractivity contribution in [2.45, 2.75) is 26.8 Å². The molecule has 1 saturated heterocycles. The number of carbonyl (C=O) groups is 2. The Morgan fingerprint density at radius 3 is 2.60 bits per heavy atom. The van der Waals surface area contributed by atoms with Crippen LogP contribution in [-0.4, -0.2) is 64.4 Å². The minimum absolute atomic E-state index is 0.0965. The minimum Gasteiger partial charge on any atom is -0.450 e. The first-order chi connectivity index (χ1) is 12.1. The van der Waals surface area contributed by atoms with Crippen molar-refractivity contribution in [3.05, 3.63) is 30.0 Å². The van der Waals surface area contributed by atoms with Crippen LogP contribution in [0, 0.1) is 6.92 Å². The molecule has 1 aliphatic rings. The number of fused-ring (bicyclic) bond motifs is 1. The molecule has 0 N–H and O–H groups in total. The Kier molecular flexibility index (Phi) is 5.21. The molecule has 0 spiro atoms.